The van der Waals surface area contributed by atoms with Gasteiger partial charge in [-0.05, 0) is 36.2 Å². The maximum absolute atomic E-state index is 13.7. The Labute approximate surface area is 147 Å². The highest BCUT2D eigenvalue weighted by Crippen LogP contribution is 2.28. The molecular formula is C20H23FN2O2. The van der Waals surface area contributed by atoms with Gasteiger partial charge in [0.25, 0.3) is 0 Å². The second kappa shape index (κ2) is 7.66. The largest absolute Gasteiger partial charge is 0.478 e. The van der Waals surface area contributed by atoms with Gasteiger partial charge in [-0.1, -0.05) is 30.3 Å². The van der Waals surface area contributed by atoms with Gasteiger partial charge in [0.05, 0.1) is 11.6 Å². The van der Waals surface area contributed by atoms with Crippen LogP contribution in [0.3, 0.4) is 0 Å². The summed E-state index contributed by atoms with van der Waals surface area (Å²) in [6.07, 6.45) is -0.174. The summed E-state index contributed by atoms with van der Waals surface area (Å²) in [5, 5.41) is 9.02. The average Bonchev–Trinajstić information content (AvgIpc) is 3.06. The van der Waals surface area contributed by atoms with E-state index in [1.165, 1.54) is 5.56 Å². The van der Waals surface area contributed by atoms with Crippen LogP contribution < -0.4 is 4.90 Å². The van der Waals surface area contributed by atoms with Gasteiger partial charge in [0.2, 0.25) is 0 Å². The number of rotatable bonds is 6. The highest BCUT2D eigenvalue weighted by molar-refractivity contribution is 5.88. The Morgan fingerprint density at radius 1 is 1.24 bits per heavy atom. The van der Waals surface area contributed by atoms with Gasteiger partial charge in [-0.25, -0.2) is 9.18 Å². The van der Waals surface area contributed by atoms with E-state index in [4.69, 9.17) is 5.11 Å². The highest BCUT2D eigenvalue weighted by atomic mass is 19.1. The normalized spacial score (nSPS) is 18.9. The van der Waals surface area contributed by atoms with E-state index in [1.54, 1.807) is 12.1 Å². The Bertz CT molecular complexity index is 705. The number of carboxylic acid groups (broad SMARTS) is 1. The van der Waals surface area contributed by atoms with Crippen LogP contribution in [0.25, 0.3) is 0 Å². The molecule has 5 heteroatoms. The number of carbonyl (C=O) groups is 1. The molecule has 2 aromatic carbocycles. The van der Waals surface area contributed by atoms with Crippen molar-refractivity contribution in [3.8, 4) is 0 Å². The quantitative estimate of drug-likeness (QED) is 0.871. The zero-order valence-electron chi connectivity index (χ0n) is 14.3. The summed E-state index contributed by atoms with van der Waals surface area (Å²) in [6, 6.07) is 17.1. The van der Waals surface area contributed by atoms with Gasteiger partial charge in [-0.2, -0.15) is 0 Å². The molecular weight excluding hydrogens is 319 g/mol. The molecule has 4 nitrogen and oxygen atoms in total. The van der Waals surface area contributed by atoms with Gasteiger partial charge in [-0.3, -0.25) is 4.90 Å². The van der Waals surface area contributed by atoms with Gasteiger partial charge in [0.1, 0.15) is 6.17 Å². The summed E-state index contributed by atoms with van der Waals surface area (Å²) in [5.41, 5.74) is 2.39. The molecule has 1 aliphatic rings. The molecule has 1 saturated heterocycles. The number of carboxylic acids is 1. The lowest BCUT2D eigenvalue weighted by Crippen LogP contribution is -2.36. The maximum Gasteiger partial charge on any atom is 0.335 e. The molecule has 25 heavy (non-hydrogen) atoms. The Kier molecular flexibility index (Phi) is 5.34. The van der Waals surface area contributed by atoms with E-state index in [1.807, 2.05) is 37.4 Å². The van der Waals surface area contributed by atoms with Crippen LogP contribution >= 0.6 is 0 Å². The van der Waals surface area contributed by atoms with Crippen molar-refractivity contribution in [3.05, 3.63) is 65.7 Å². The molecule has 0 unspecified atom stereocenters. The number of anilines is 1. The van der Waals surface area contributed by atoms with Crippen molar-refractivity contribution in [1.29, 1.82) is 0 Å². The standard InChI is InChI=1S/C20H23FN2O2/c1-22(18-9-7-16(8-10-18)20(24)25)14-19(15-5-3-2-4-6-15)23-12-11-17(21)13-23/h2-10,17,19H,11-14H2,1H3,(H,24,25)/t17-,19-/m0/s1. The molecule has 1 heterocycles. The molecule has 1 fully saturated rings. The van der Waals surface area contributed by atoms with Crippen LogP contribution in [-0.2, 0) is 0 Å². The molecule has 2 aromatic rings. The summed E-state index contributed by atoms with van der Waals surface area (Å²) in [4.78, 5) is 15.3. The molecule has 0 aliphatic carbocycles. The lowest BCUT2D eigenvalue weighted by atomic mass is 10.0. The molecule has 0 aromatic heterocycles. The van der Waals surface area contributed by atoms with Crippen molar-refractivity contribution < 1.29 is 14.3 Å². The summed E-state index contributed by atoms with van der Waals surface area (Å²) in [5.74, 6) is -0.928. The van der Waals surface area contributed by atoms with Crippen molar-refractivity contribution in [2.75, 3.05) is 31.6 Å². The monoisotopic (exact) mass is 342 g/mol. The Balaban J connectivity index is 1.78. The van der Waals surface area contributed by atoms with E-state index in [9.17, 15) is 9.18 Å². The number of likely N-dealkylation sites (tertiary alicyclic amines) is 1. The second-order valence-electron chi connectivity index (χ2n) is 6.54. The number of halogens is 1. The Morgan fingerprint density at radius 3 is 2.48 bits per heavy atom. The number of alkyl halides is 1. The van der Waals surface area contributed by atoms with Crippen LogP contribution in [0.2, 0.25) is 0 Å². The minimum Gasteiger partial charge on any atom is -0.478 e. The molecule has 0 saturated carbocycles. The SMILES string of the molecule is CN(C[C@@H](c1ccccc1)N1CC[C@H](F)C1)c1ccc(C(=O)O)cc1. The molecule has 0 spiro atoms. The minimum absolute atomic E-state index is 0.103. The molecule has 1 N–H and O–H groups in total. The molecule has 0 amide bonds. The zero-order chi connectivity index (χ0) is 17.8. The van der Waals surface area contributed by atoms with Crippen molar-refractivity contribution >= 4 is 11.7 Å². The number of benzene rings is 2. The van der Waals surface area contributed by atoms with E-state index in [2.05, 4.69) is 21.9 Å². The predicted octanol–water partition coefficient (Wildman–Crippen LogP) is 3.61. The predicted molar refractivity (Wildman–Crippen MR) is 96.9 cm³/mol. The first kappa shape index (κ1) is 17.4. The third-order valence-corrected chi connectivity index (χ3v) is 4.79. The number of hydrogen-bond donors (Lipinski definition) is 1. The number of likely N-dealkylation sites (N-methyl/N-ethyl adjacent to an activating group) is 1. The molecule has 0 bridgehead atoms. The fraction of sp³-hybridized carbons (Fsp3) is 0.350. The lowest BCUT2D eigenvalue weighted by Gasteiger charge is -2.32. The molecule has 3 rings (SSSR count). The molecule has 132 valence electrons. The summed E-state index contributed by atoms with van der Waals surface area (Å²) in [6.45, 7) is 1.93. The third-order valence-electron chi connectivity index (χ3n) is 4.79. The number of aromatic carboxylic acids is 1. The van der Waals surface area contributed by atoms with Crippen LogP contribution in [-0.4, -0.2) is 48.8 Å². The van der Waals surface area contributed by atoms with E-state index >= 15 is 0 Å². The molecule has 2 atom stereocenters. The smallest absolute Gasteiger partial charge is 0.335 e. The highest BCUT2D eigenvalue weighted by Gasteiger charge is 2.29. The van der Waals surface area contributed by atoms with Crippen LogP contribution in [0.1, 0.15) is 28.4 Å². The topological polar surface area (TPSA) is 43.8 Å². The van der Waals surface area contributed by atoms with Crippen molar-refractivity contribution in [2.45, 2.75) is 18.6 Å². The van der Waals surface area contributed by atoms with E-state index < -0.39 is 12.1 Å². The van der Waals surface area contributed by atoms with Gasteiger partial charge in [0, 0.05) is 32.4 Å². The van der Waals surface area contributed by atoms with Gasteiger partial charge < -0.3 is 10.0 Å². The summed E-state index contributed by atoms with van der Waals surface area (Å²) < 4.78 is 13.7. The molecule has 0 radical (unpaired) electrons. The van der Waals surface area contributed by atoms with Gasteiger partial charge >= 0.3 is 5.97 Å². The van der Waals surface area contributed by atoms with Crippen LogP contribution in [0.15, 0.2) is 54.6 Å². The Morgan fingerprint density at radius 2 is 1.92 bits per heavy atom. The lowest BCUT2D eigenvalue weighted by molar-refractivity contribution is 0.0697. The van der Waals surface area contributed by atoms with Crippen LogP contribution in [0, 0.1) is 0 Å². The first-order valence-corrected chi connectivity index (χ1v) is 8.52. The maximum atomic E-state index is 13.7. The van der Waals surface area contributed by atoms with Gasteiger partial charge in [-0.15, -0.1) is 0 Å². The van der Waals surface area contributed by atoms with Crippen molar-refractivity contribution in [3.63, 3.8) is 0 Å². The van der Waals surface area contributed by atoms with Gasteiger partial charge in [0.15, 0.2) is 0 Å². The minimum atomic E-state index is -0.928. The van der Waals surface area contributed by atoms with Crippen LogP contribution in [0.5, 0.6) is 0 Å². The fourth-order valence-corrected chi connectivity index (χ4v) is 3.36. The van der Waals surface area contributed by atoms with Crippen molar-refractivity contribution in [1.82, 2.24) is 4.90 Å². The second-order valence-corrected chi connectivity index (χ2v) is 6.54. The third kappa shape index (κ3) is 4.17. The first-order chi connectivity index (χ1) is 12.0. The average molecular weight is 342 g/mol. The summed E-state index contributed by atoms with van der Waals surface area (Å²) in [7, 11) is 1.98. The summed E-state index contributed by atoms with van der Waals surface area (Å²) >= 11 is 0. The van der Waals surface area contributed by atoms with E-state index in [0.29, 0.717) is 19.5 Å². The fourth-order valence-electron chi connectivity index (χ4n) is 3.36. The van der Waals surface area contributed by atoms with E-state index in [0.717, 1.165) is 12.2 Å². The van der Waals surface area contributed by atoms with E-state index in [-0.39, 0.29) is 11.6 Å². The van der Waals surface area contributed by atoms with Crippen LogP contribution in [0.4, 0.5) is 10.1 Å². The molecule has 1 aliphatic heterocycles. The Hall–Kier alpha value is -2.40. The zero-order valence-corrected chi connectivity index (χ0v) is 14.3. The number of nitrogens with zero attached hydrogens (tertiary/aromatic N) is 2. The number of hydrogen-bond acceptors (Lipinski definition) is 3. The van der Waals surface area contributed by atoms with Crippen molar-refractivity contribution in [2.24, 2.45) is 0 Å². The first-order valence-electron chi connectivity index (χ1n) is 8.52.